The van der Waals surface area contributed by atoms with Gasteiger partial charge in [-0.25, -0.2) is 0 Å². The van der Waals surface area contributed by atoms with E-state index in [1.807, 2.05) is 6.08 Å². The zero-order chi connectivity index (χ0) is 10.4. The van der Waals surface area contributed by atoms with E-state index < -0.39 is 0 Å². The fourth-order valence-corrected chi connectivity index (χ4v) is 3.74. The average molecular weight is 193 g/mol. The van der Waals surface area contributed by atoms with Crippen LogP contribution in [0.5, 0.6) is 0 Å². The molecule has 2 bridgehead atoms. The van der Waals surface area contributed by atoms with Crippen molar-refractivity contribution in [3.63, 3.8) is 0 Å². The van der Waals surface area contributed by atoms with E-state index >= 15 is 0 Å². The Bertz CT molecular complexity index is 244. The average Bonchev–Trinajstić information content (AvgIpc) is 2.46. The van der Waals surface area contributed by atoms with Crippen LogP contribution in [0.4, 0.5) is 0 Å². The van der Waals surface area contributed by atoms with Gasteiger partial charge in [-0.2, -0.15) is 0 Å². The monoisotopic (exact) mass is 193 g/mol. The first kappa shape index (κ1) is 10.2. The molecule has 0 aliphatic heterocycles. The minimum absolute atomic E-state index is 0.515. The predicted octanol–water partition coefficient (Wildman–Crippen LogP) is 2.98. The van der Waals surface area contributed by atoms with Crippen LogP contribution in [0.15, 0.2) is 12.7 Å². The summed E-state index contributed by atoms with van der Waals surface area (Å²) in [6.07, 6.45) is 6.19. The van der Waals surface area contributed by atoms with Crippen molar-refractivity contribution >= 4 is 0 Å². The lowest BCUT2D eigenvalue weighted by atomic mass is 9.69. The maximum Gasteiger partial charge on any atom is 0.0135 e. The molecule has 1 N–H and O–H groups in total. The molecule has 0 radical (unpaired) electrons. The van der Waals surface area contributed by atoms with Gasteiger partial charge in [0.15, 0.2) is 0 Å². The first-order valence-electron chi connectivity index (χ1n) is 5.86. The molecule has 0 heterocycles. The molecule has 2 rings (SSSR count). The van der Waals surface area contributed by atoms with Crippen molar-refractivity contribution in [2.24, 2.45) is 16.7 Å². The third-order valence-electron chi connectivity index (χ3n) is 5.30. The van der Waals surface area contributed by atoms with Gasteiger partial charge in [-0.15, -0.1) is 6.58 Å². The van der Waals surface area contributed by atoms with Gasteiger partial charge in [0, 0.05) is 12.6 Å². The molecular weight excluding hydrogens is 170 g/mol. The van der Waals surface area contributed by atoms with Gasteiger partial charge in [0.1, 0.15) is 0 Å². The van der Waals surface area contributed by atoms with E-state index in [0.717, 1.165) is 12.5 Å². The largest absolute Gasteiger partial charge is 0.310 e. The highest BCUT2D eigenvalue weighted by molar-refractivity contribution is 5.13. The molecule has 1 nitrogen and oxygen atoms in total. The topological polar surface area (TPSA) is 12.0 Å². The molecule has 80 valence electrons. The maximum absolute atomic E-state index is 3.78. The molecule has 2 saturated carbocycles. The SMILES string of the molecule is C=CCN[C@@H]1C[C@H]2CC[C@]1(C)C2(C)C. The predicted molar refractivity (Wildman–Crippen MR) is 61.2 cm³/mol. The summed E-state index contributed by atoms with van der Waals surface area (Å²) in [6, 6.07) is 0.717. The Morgan fingerprint density at radius 3 is 2.57 bits per heavy atom. The first-order valence-corrected chi connectivity index (χ1v) is 5.86. The van der Waals surface area contributed by atoms with Gasteiger partial charge >= 0.3 is 0 Å². The zero-order valence-electron chi connectivity index (χ0n) is 9.77. The maximum atomic E-state index is 3.78. The summed E-state index contributed by atoms with van der Waals surface area (Å²) in [4.78, 5) is 0. The quantitative estimate of drug-likeness (QED) is 0.679. The lowest BCUT2D eigenvalue weighted by molar-refractivity contribution is 0.123. The van der Waals surface area contributed by atoms with E-state index in [1.54, 1.807) is 0 Å². The van der Waals surface area contributed by atoms with Crippen LogP contribution in [0.25, 0.3) is 0 Å². The Morgan fingerprint density at radius 2 is 2.14 bits per heavy atom. The number of hydrogen-bond acceptors (Lipinski definition) is 1. The van der Waals surface area contributed by atoms with Crippen molar-refractivity contribution in [2.45, 2.75) is 46.1 Å². The number of fused-ring (bicyclic) bond motifs is 2. The van der Waals surface area contributed by atoms with Gasteiger partial charge in [-0.1, -0.05) is 26.8 Å². The van der Waals surface area contributed by atoms with Crippen molar-refractivity contribution < 1.29 is 0 Å². The fourth-order valence-electron chi connectivity index (χ4n) is 3.74. The number of hydrogen-bond donors (Lipinski definition) is 1. The molecule has 0 aromatic heterocycles. The molecule has 0 aromatic carbocycles. The highest BCUT2D eigenvalue weighted by Gasteiger charge is 2.60. The van der Waals surface area contributed by atoms with Crippen molar-refractivity contribution in [1.29, 1.82) is 0 Å². The molecule has 1 heteroatoms. The highest BCUT2D eigenvalue weighted by atomic mass is 15.0. The summed E-state index contributed by atoms with van der Waals surface area (Å²) in [5, 5.41) is 3.64. The van der Waals surface area contributed by atoms with Crippen molar-refractivity contribution in [3.05, 3.63) is 12.7 Å². The first-order chi connectivity index (χ1) is 6.52. The molecule has 2 aliphatic rings. The Labute approximate surface area is 88.0 Å². The molecule has 0 amide bonds. The Balaban J connectivity index is 2.14. The van der Waals surface area contributed by atoms with E-state index in [4.69, 9.17) is 0 Å². The van der Waals surface area contributed by atoms with Crippen LogP contribution in [0.3, 0.4) is 0 Å². The van der Waals surface area contributed by atoms with E-state index in [1.165, 1.54) is 19.3 Å². The molecule has 0 spiro atoms. The lowest BCUT2D eigenvalue weighted by Crippen LogP contribution is -2.44. The zero-order valence-corrected chi connectivity index (χ0v) is 9.77. The van der Waals surface area contributed by atoms with Crippen LogP contribution in [-0.2, 0) is 0 Å². The summed E-state index contributed by atoms with van der Waals surface area (Å²) in [5.41, 5.74) is 1.05. The van der Waals surface area contributed by atoms with Gasteiger partial charge < -0.3 is 5.32 Å². The molecule has 0 aromatic rings. The van der Waals surface area contributed by atoms with Crippen molar-refractivity contribution in [1.82, 2.24) is 5.32 Å². The van der Waals surface area contributed by atoms with Crippen LogP contribution in [0.1, 0.15) is 40.0 Å². The van der Waals surface area contributed by atoms with Gasteiger partial charge in [0.05, 0.1) is 0 Å². The second-order valence-electron chi connectivity index (χ2n) is 5.86. The van der Waals surface area contributed by atoms with Gasteiger partial charge in [0.25, 0.3) is 0 Å². The third-order valence-corrected chi connectivity index (χ3v) is 5.30. The summed E-state index contributed by atoms with van der Waals surface area (Å²) < 4.78 is 0. The normalized spacial score (nSPS) is 44.2. The van der Waals surface area contributed by atoms with Crippen LogP contribution >= 0.6 is 0 Å². The Hall–Kier alpha value is -0.300. The van der Waals surface area contributed by atoms with Gasteiger partial charge in [-0.3, -0.25) is 0 Å². The molecule has 0 unspecified atom stereocenters. The van der Waals surface area contributed by atoms with E-state index in [-0.39, 0.29) is 0 Å². The lowest BCUT2D eigenvalue weighted by Gasteiger charge is -2.39. The highest BCUT2D eigenvalue weighted by Crippen LogP contribution is 2.65. The molecule has 14 heavy (non-hydrogen) atoms. The van der Waals surface area contributed by atoms with Gasteiger partial charge in [0.2, 0.25) is 0 Å². The standard InChI is InChI=1S/C13H23N/c1-5-8-14-11-9-10-6-7-13(11,4)12(10,2)3/h5,10-11,14H,1,6-9H2,2-4H3/t10-,11-,13+/m1/s1. The third kappa shape index (κ3) is 1.11. The second kappa shape index (κ2) is 3.10. The van der Waals surface area contributed by atoms with Gasteiger partial charge in [-0.05, 0) is 36.0 Å². The fraction of sp³-hybridized carbons (Fsp3) is 0.846. The Kier molecular flexibility index (Phi) is 2.26. The van der Waals surface area contributed by atoms with E-state index in [9.17, 15) is 0 Å². The summed E-state index contributed by atoms with van der Waals surface area (Å²) in [7, 11) is 0. The van der Waals surface area contributed by atoms with E-state index in [2.05, 4.69) is 32.7 Å². The van der Waals surface area contributed by atoms with Crippen molar-refractivity contribution in [3.8, 4) is 0 Å². The molecule has 2 fully saturated rings. The Morgan fingerprint density at radius 1 is 1.43 bits per heavy atom. The van der Waals surface area contributed by atoms with Crippen LogP contribution in [0, 0.1) is 16.7 Å². The molecule has 0 saturated heterocycles. The smallest absolute Gasteiger partial charge is 0.0135 e. The van der Waals surface area contributed by atoms with Crippen LogP contribution in [0.2, 0.25) is 0 Å². The summed E-state index contributed by atoms with van der Waals surface area (Å²) >= 11 is 0. The summed E-state index contributed by atoms with van der Waals surface area (Å²) in [6.45, 7) is 12.1. The van der Waals surface area contributed by atoms with Crippen LogP contribution < -0.4 is 5.32 Å². The van der Waals surface area contributed by atoms with Crippen molar-refractivity contribution in [2.75, 3.05) is 6.54 Å². The minimum Gasteiger partial charge on any atom is -0.310 e. The minimum atomic E-state index is 0.515. The molecular formula is C13H23N. The molecule has 2 aliphatic carbocycles. The van der Waals surface area contributed by atoms with Crippen LogP contribution in [-0.4, -0.2) is 12.6 Å². The van der Waals surface area contributed by atoms with E-state index in [0.29, 0.717) is 16.9 Å². The number of rotatable bonds is 3. The second-order valence-corrected chi connectivity index (χ2v) is 5.86. The molecule has 3 atom stereocenters. The number of nitrogens with one attached hydrogen (secondary N) is 1. The summed E-state index contributed by atoms with van der Waals surface area (Å²) in [5.74, 6) is 0.940.